The molecule has 2 amide bonds. The smallest absolute Gasteiger partial charge is 0.259 e. The second-order valence-corrected chi connectivity index (χ2v) is 3.48. The van der Waals surface area contributed by atoms with E-state index in [1.165, 1.54) is 0 Å². The highest BCUT2D eigenvalue weighted by molar-refractivity contribution is 6.23. The number of fused-ring (bicyclic) bond motifs is 1. The van der Waals surface area contributed by atoms with Crippen molar-refractivity contribution in [3.8, 4) is 11.3 Å². The van der Waals surface area contributed by atoms with E-state index in [1.807, 2.05) is 0 Å². The lowest BCUT2D eigenvalue weighted by Crippen LogP contribution is -2.20. The number of H-pyrrole nitrogens is 1. The first-order valence-electron chi connectivity index (χ1n) is 4.76. The van der Waals surface area contributed by atoms with E-state index < -0.39 is 0 Å². The Morgan fingerprint density at radius 1 is 1.00 bits per heavy atom. The van der Waals surface area contributed by atoms with Crippen LogP contribution in [0.5, 0.6) is 0 Å². The van der Waals surface area contributed by atoms with Crippen LogP contribution >= 0.6 is 0 Å². The second kappa shape index (κ2) is 3.03. The molecule has 2 heterocycles. The lowest BCUT2D eigenvalue weighted by Gasteiger charge is -2.02. The van der Waals surface area contributed by atoms with Gasteiger partial charge in [0.2, 0.25) is 0 Å². The maximum absolute atomic E-state index is 11.6. The van der Waals surface area contributed by atoms with Crippen LogP contribution in [-0.2, 0) is 0 Å². The summed E-state index contributed by atoms with van der Waals surface area (Å²) in [7, 11) is 0. The predicted molar refractivity (Wildman–Crippen MR) is 55.8 cm³/mol. The topological polar surface area (TPSA) is 74.8 Å². The molecule has 0 spiro atoms. The molecule has 0 radical (unpaired) electrons. The number of carbonyl (C=O) groups excluding carboxylic acids is 2. The average Bonchev–Trinajstić information content (AvgIpc) is 2.88. The van der Waals surface area contributed by atoms with Crippen molar-refractivity contribution in [2.75, 3.05) is 0 Å². The molecular weight excluding hydrogens is 206 g/mol. The van der Waals surface area contributed by atoms with Crippen LogP contribution in [-0.4, -0.2) is 22.0 Å². The number of nitrogens with one attached hydrogen (secondary N) is 2. The Morgan fingerprint density at radius 2 is 1.81 bits per heavy atom. The quantitative estimate of drug-likeness (QED) is 0.693. The van der Waals surface area contributed by atoms with Crippen molar-refractivity contribution in [1.82, 2.24) is 15.5 Å². The molecule has 2 aromatic rings. The fraction of sp³-hybridized carbons (Fsp3) is 0. The summed E-state index contributed by atoms with van der Waals surface area (Å²) in [6, 6.07) is 6.92. The second-order valence-electron chi connectivity index (χ2n) is 3.48. The molecule has 0 saturated heterocycles. The molecule has 1 aliphatic rings. The number of aromatic nitrogens is 2. The van der Waals surface area contributed by atoms with Crippen molar-refractivity contribution in [3.05, 3.63) is 41.6 Å². The minimum Gasteiger partial charge on any atom is -0.288 e. The Labute approximate surface area is 90.5 Å². The lowest BCUT2D eigenvalue weighted by molar-refractivity contribution is 0.0880. The summed E-state index contributed by atoms with van der Waals surface area (Å²) in [5.41, 5.74) is 2.24. The van der Waals surface area contributed by atoms with Gasteiger partial charge in [-0.2, -0.15) is 5.10 Å². The number of aromatic amines is 1. The molecule has 1 aliphatic heterocycles. The Morgan fingerprint density at radius 3 is 2.56 bits per heavy atom. The molecular formula is C11H7N3O2. The van der Waals surface area contributed by atoms with Crippen LogP contribution in [0.1, 0.15) is 20.7 Å². The summed E-state index contributed by atoms with van der Waals surface area (Å²) < 4.78 is 0. The molecule has 5 heteroatoms. The van der Waals surface area contributed by atoms with Crippen molar-refractivity contribution < 1.29 is 9.59 Å². The predicted octanol–water partition coefficient (Wildman–Crippen LogP) is 0.960. The summed E-state index contributed by atoms with van der Waals surface area (Å²) in [6.45, 7) is 0. The summed E-state index contributed by atoms with van der Waals surface area (Å²) in [6.07, 6.45) is 1.60. The van der Waals surface area contributed by atoms with E-state index >= 15 is 0 Å². The Kier molecular flexibility index (Phi) is 1.67. The van der Waals surface area contributed by atoms with Gasteiger partial charge in [-0.15, -0.1) is 0 Å². The van der Waals surface area contributed by atoms with Crippen molar-refractivity contribution in [1.29, 1.82) is 0 Å². The number of amides is 2. The maximum Gasteiger partial charge on any atom is 0.259 e. The molecule has 16 heavy (non-hydrogen) atoms. The fourth-order valence-corrected chi connectivity index (χ4v) is 1.85. The Hall–Kier alpha value is -2.43. The van der Waals surface area contributed by atoms with Crippen molar-refractivity contribution in [3.63, 3.8) is 0 Å². The molecule has 0 aliphatic carbocycles. The van der Waals surface area contributed by atoms with Crippen LogP contribution in [0.4, 0.5) is 0 Å². The third kappa shape index (κ3) is 1.08. The van der Waals surface area contributed by atoms with E-state index in [-0.39, 0.29) is 11.8 Å². The van der Waals surface area contributed by atoms with Gasteiger partial charge in [0, 0.05) is 11.8 Å². The van der Waals surface area contributed by atoms with Gasteiger partial charge in [-0.25, -0.2) is 0 Å². The van der Waals surface area contributed by atoms with Crippen LogP contribution in [0.2, 0.25) is 0 Å². The molecule has 3 rings (SSSR count). The van der Waals surface area contributed by atoms with Crippen molar-refractivity contribution >= 4 is 11.8 Å². The first-order chi connectivity index (χ1) is 7.77. The van der Waals surface area contributed by atoms with E-state index in [1.54, 1.807) is 30.5 Å². The number of hydrogen-bond donors (Lipinski definition) is 2. The largest absolute Gasteiger partial charge is 0.288 e. The monoisotopic (exact) mass is 213 g/mol. The van der Waals surface area contributed by atoms with Crippen LogP contribution in [0.3, 0.4) is 0 Å². The number of hydrogen-bond acceptors (Lipinski definition) is 3. The Bertz CT molecular complexity index is 587. The molecule has 1 aromatic heterocycles. The van der Waals surface area contributed by atoms with Crippen LogP contribution in [0.25, 0.3) is 11.3 Å². The highest BCUT2D eigenvalue weighted by atomic mass is 16.2. The maximum atomic E-state index is 11.6. The van der Waals surface area contributed by atoms with Crippen LogP contribution in [0.15, 0.2) is 30.5 Å². The molecule has 0 unspecified atom stereocenters. The molecule has 2 N–H and O–H groups in total. The van der Waals surface area contributed by atoms with Crippen LogP contribution in [0, 0.1) is 0 Å². The van der Waals surface area contributed by atoms with Gasteiger partial charge in [0.15, 0.2) is 0 Å². The first kappa shape index (κ1) is 8.84. The van der Waals surface area contributed by atoms with Gasteiger partial charge in [0.1, 0.15) is 0 Å². The molecule has 0 saturated carbocycles. The number of carbonyl (C=O) groups is 2. The molecule has 5 nitrogen and oxygen atoms in total. The molecule has 78 valence electrons. The van der Waals surface area contributed by atoms with Crippen LogP contribution < -0.4 is 5.32 Å². The highest BCUT2D eigenvalue weighted by Gasteiger charge is 2.29. The van der Waals surface area contributed by atoms with Gasteiger partial charge in [0.25, 0.3) is 11.8 Å². The van der Waals surface area contributed by atoms with Gasteiger partial charge >= 0.3 is 0 Å². The lowest BCUT2D eigenvalue weighted by atomic mass is 10.0. The summed E-state index contributed by atoms with van der Waals surface area (Å²) >= 11 is 0. The van der Waals surface area contributed by atoms with Gasteiger partial charge in [0.05, 0.1) is 16.8 Å². The third-order valence-electron chi connectivity index (χ3n) is 2.55. The number of imide groups is 1. The van der Waals surface area contributed by atoms with Gasteiger partial charge in [-0.3, -0.25) is 20.0 Å². The summed E-state index contributed by atoms with van der Waals surface area (Å²) in [4.78, 5) is 23.1. The van der Waals surface area contributed by atoms with Crippen molar-refractivity contribution in [2.24, 2.45) is 0 Å². The zero-order valence-corrected chi connectivity index (χ0v) is 8.15. The molecule has 0 atom stereocenters. The zero-order valence-electron chi connectivity index (χ0n) is 8.15. The van der Waals surface area contributed by atoms with Gasteiger partial charge in [-0.05, 0) is 12.1 Å². The van der Waals surface area contributed by atoms with Gasteiger partial charge < -0.3 is 0 Å². The fourth-order valence-electron chi connectivity index (χ4n) is 1.85. The van der Waals surface area contributed by atoms with E-state index in [4.69, 9.17) is 0 Å². The first-order valence-corrected chi connectivity index (χ1v) is 4.76. The van der Waals surface area contributed by atoms with Crippen molar-refractivity contribution in [2.45, 2.75) is 0 Å². The molecule has 1 aromatic carbocycles. The average molecular weight is 213 g/mol. The summed E-state index contributed by atoms with van der Waals surface area (Å²) in [5, 5.41) is 8.88. The zero-order chi connectivity index (χ0) is 11.1. The minimum absolute atomic E-state index is 0.346. The summed E-state index contributed by atoms with van der Waals surface area (Å²) in [5.74, 6) is -0.702. The standard InChI is InChI=1S/C11H7N3O2/c15-10-7-3-1-2-6(8-4-5-12-14-8)9(7)11(16)13-10/h1-5H,(H,12,14)(H,13,15,16). The van der Waals surface area contributed by atoms with E-state index in [9.17, 15) is 9.59 Å². The Balaban J connectivity index is 2.30. The normalized spacial score (nSPS) is 13.8. The van der Waals surface area contributed by atoms with E-state index in [0.717, 1.165) is 5.69 Å². The minimum atomic E-state index is -0.356. The third-order valence-corrected chi connectivity index (χ3v) is 2.55. The SMILES string of the molecule is O=C1NC(=O)c2c1cccc2-c1ccn[nH]1. The van der Waals surface area contributed by atoms with E-state index in [2.05, 4.69) is 15.5 Å². The number of nitrogens with zero attached hydrogens (tertiary/aromatic N) is 1. The highest BCUT2D eigenvalue weighted by Crippen LogP contribution is 2.27. The molecule has 0 fully saturated rings. The number of benzene rings is 1. The molecule has 0 bridgehead atoms. The van der Waals surface area contributed by atoms with E-state index in [0.29, 0.717) is 16.7 Å². The number of rotatable bonds is 1. The van der Waals surface area contributed by atoms with Gasteiger partial charge in [-0.1, -0.05) is 12.1 Å².